The fourth-order valence-electron chi connectivity index (χ4n) is 3.78. The minimum Gasteiger partial charge on any atom is -0.454 e. The molecule has 0 unspecified atom stereocenters. The van der Waals surface area contributed by atoms with Gasteiger partial charge < -0.3 is 9.64 Å². The minimum atomic E-state index is -0.948. The molecule has 2 aromatic rings. The maximum absolute atomic E-state index is 12.6. The summed E-state index contributed by atoms with van der Waals surface area (Å²) in [5, 5.41) is 11.2. The summed E-state index contributed by atoms with van der Waals surface area (Å²) in [5.41, 5.74) is 1.15. The van der Waals surface area contributed by atoms with Crippen LogP contribution in [-0.2, 0) is 20.7 Å². The van der Waals surface area contributed by atoms with E-state index < -0.39 is 41.8 Å². The van der Waals surface area contributed by atoms with Crippen molar-refractivity contribution in [1.82, 2.24) is 4.90 Å². The molecule has 2 aromatic carbocycles. The summed E-state index contributed by atoms with van der Waals surface area (Å²) >= 11 is 11.8. The monoisotopic (exact) mass is 491 g/mol. The average Bonchev–Trinajstić information content (AvgIpc) is 3.01. The topological polar surface area (TPSA) is 127 Å². The SMILES string of the molecule is O=C(CN1C(=O)c2cc(Cl)c(Cl)cc2C1=O)OCC(=O)N1CCCc2cc([N+](=O)[O-])ccc21. The highest BCUT2D eigenvalue weighted by Crippen LogP contribution is 2.32. The van der Waals surface area contributed by atoms with Crippen molar-refractivity contribution >= 4 is 58.3 Å². The van der Waals surface area contributed by atoms with Crippen LogP contribution in [0.2, 0.25) is 10.0 Å². The molecule has 12 heteroatoms. The number of anilines is 1. The zero-order valence-corrected chi connectivity index (χ0v) is 18.4. The molecular weight excluding hydrogens is 477 g/mol. The lowest BCUT2D eigenvalue weighted by Gasteiger charge is -2.29. The Morgan fingerprint density at radius 2 is 1.70 bits per heavy atom. The standard InChI is InChI=1S/C21H15Cl2N3O7/c22-15-7-13-14(8-16(15)23)21(30)25(20(13)29)9-19(28)33-10-18(27)24-5-1-2-11-6-12(26(31)32)3-4-17(11)24/h3-4,6-8H,1-2,5,9-10H2. The van der Waals surface area contributed by atoms with E-state index in [-0.39, 0.29) is 26.9 Å². The molecule has 0 bridgehead atoms. The molecule has 2 aliphatic rings. The molecule has 0 spiro atoms. The number of ether oxygens (including phenoxy) is 1. The molecule has 0 saturated heterocycles. The summed E-state index contributed by atoms with van der Waals surface area (Å²) in [6, 6.07) is 6.72. The second-order valence-electron chi connectivity index (χ2n) is 7.39. The van der Waals surface area contributed by atoms with Gasteiger partial charge >= 0.3 is 5.97 Å². The van der Waals surface area contributed by atoms with E-state index in [1.807, 2.05) is 0 Å². The zero-order chi connectivity index (χ0) is 23.9. The Balaban J connectivity index is 1.39. The van der Waals surface area contributed by atoms with E-state index in [2.05, 4.69) is 0 Å². The Hall–Kier alpha value is -3.50. The number of carbonyl (C=O) groups is 4. The smallest absolute Gasteiger partial charge is 0.326 e. The Morgan fingerprint density at radius 3 is 2.30 bits per heavy atom. The van der Waals surface area contributed by atoms with Gasteiger partial charge in [-0.3, -0.25) is 34.2 Å². The number of hydrogen-bond donors (Lipinski definition) is 0. The molecule has 0 atom stereocenters. The Morgan fingerprint density at radius 1 is 1.06 bits per heavy atom. The molecule has 170 valence electrons. The van der Waals surface area contributed by atoms with E-state index in [4.69, 9.17) is 27.9 Å². The van der Waals surface area contributed by atoms with Gasteiger partial charge in [0.1, 0.15) is 6.54 Å². The fraction of sp³-hybridized carbons (Fsp3) is 0.238. The van der Waals surface area contributed by atoms with Crippen molar-refractivity contribution in [3.05, 3.63) is 67.2 Å². The molecule has 0 fully saturated rings. The number of carbonyl (C=O) groups excluding carboxylic acids is 4. The second kappa shape index (κ2) is 8.80. The molecule has 2 heterocycles. The van der Waals surface area contributed by atoms with E-state index in [0.717, 1.165) is 0 Å². The van der Waals surface area contributed by atoms with Crippen LogP contribution in [0.25, 0.3) is 0 Å². The van der Waals surface area contributed by atoms with E-state index >= 15 is 0 Å². The zero-order valence-electron chi connectivity index (χ0n) is 16.9. The number of non-ortho nitro benzene ring substituents is 1. The number of imide groups is 1. The molecule has 33 heavy (non-hydrogen) atoms. The average molecular weight is 492 g/mol. The Kier molecular flexibility index (Phi) is 6.05. The number of halogens is 2. The van der Waals surface area contributed by atoms with Crippen LogP contribution >= 0.6 is 23.2 Å². The molecule has 0 aliphatic carbocycles. The summed E-state index contributed by atoms with van der Waals surface area (Å²) in [6.45, 7) is -0.936. The van der Waals surface area contributed by atoms with E-state index in [1.54, 1.807) is 0 Å². The lowest BCUT2D eigenvalue weighted by Crippen LogP contribution is -2.40. The number of benzene rings is 2. The van der Waals surface area contributed by atoms with Crippen LogP contribution in [0.5, 0.6) is 0 Å². The number of nitrogens with zero attached hydrogens (tertiary/aromatic N) is 3. The largest absolute Gasteiger partial charge is 0.454 e. The first-order valence-corrected chi connectivity index (χ1v) is 10.5. The quantitative estimate of drug-likeness (QED) is 0.272. The van der Waals surface area contributed by atoms with E-state index in [9.17, 15) is 29.3 Å². The van der Waals surface area contributed by atoms with Gasteiger partial charge in [-0.05, 0) is 36.6 Å². The van der Waals surface area contributed by atoms with Crippen LogP contribution in [-0.4, -0.2) is 53.2 Å². The van der Waals surface area contributed by atoms with Crippen molar-refractivity contribution < 1.29 is 28.8 Å². The number of nitro benzene ring substituents is 1. The maximum atomic E-state index is 12.6. The first-order chi connectivity index (χ1) is 15.7. The summed E-state index contributed by atoms with van der Waals surface area (Å²) in [7, 11) is 0. The lowest BCUT2D eigenvalue weighted by molar-refractivity contribution is -0.384. The summed E-state index contributed by atoms with van der Waals surface area (Å²) < 4.78 is 5.00. The number of esters is 1. The van der Waals surface area contributed by atoms with E-state index in [0.29, 0.717) is 35.5 Å². The molecule has 10 nitrogen and oxygen atoms in total. The van der Waals surface area contributed by atoms with Gasteiger partial charge in [0.25, 0.3) is 23.4 Å². The molecule has 0 radical (unpaired) electrons. The van der Waals surface area contributed by atoms with Crippen molar-refractivity contribution in [2.75, 3.05) is 24.6 Å². The normalized spacial score (nSPS) is 14.7. The van der Waals surface area contributed by atoms with Crippen LogP contribution in [0.3, 0.4) is 0 Å². The highest BCUT2D eigenvalue weighted by molar-refractivity contribution is 6.43. The number of aryl methyl sites for hydroxylation is 1. The van der Waals surface area contributed by atoms with Crippen molar-refractivity contribution in [2.45, 2.75) is 12.8 Å². The van der Waals surface area contributed by atoms with Crippen LogP contribution in [0.1, 0.15) is 32.7 Å². The van der Waals surface area contributed by atoms with Crippen LogP contribution < -0.4 is 4.90 Å². The van der Waals surface area contributed by atoms with Gasteiger partial charge in [0, 0.05) is 24.4 Å². The number of fused-ring (bicyclic) bond motifs is 2. The van der Waals surface area contributed by atoms with Crippen molar-refractivity contribution in [1.29, 1.82) is 0 Å². The fourth-order valence-corrected chi connectivity index (χ4v) is 4.11. The highest BCUT2D eigenvalue weighted by Gasteiger charge is 2.38. The Bertz CT molecular complexity index is 1190. The molecule has 0 N–H and O–H groups in total. The molecule has 4 rings (SSSR count). The molecule has 0 aromatic heterocycles. The van der Waals surface area contributed by atoms with Crippen molar-refractivity contribution in [3.63, 3.8) is 0 Å². The van der Waals surface area contributed by atoms with Crippen molar-refractivity contribution in [3.8, 4) is 0 Å². The van der Waals surface area contributed by atoms with E-state index in [1.165, 1.54) is 35.2 Å². The van der Waals surface area contributed by atoms with Gasteiger partial charge in [0.15, 0.2) is 6.61 Å². The van der Waals surface area contributed by atoms with Crippen LogP contribution in [0.15, 0.2) is 30.3 Å². The van der Waals surface area contributed by atoms with Gasteiger partial charge in [-0.1, -0.05) is 23.2 Å². The Labute approximate surface area is 196 Å². The number of nitro groups is 1. The lowest BCUT2D eigenvalue weighted by atomic mass is 10.0. The maximum Gasteiger partial charge on any atom is 0.326 e. The first kappa shape index (κ1) is 22.7. The number of amides is 3. The van der Waals surface area contributed by atoms with Crippen LogP contribution in [0.4, 0.5) is 11.4 Å². The summed E-state index contributed by atoms with van der Waals surface area (Å²) in [5.74, 6) is -2.91. The number of hydrogen-bond acceptors (Lipinski definition) is 7. The summed E-state index contributed by atoms with van der Waals surface area (Å²) in [6.07, 6.45) is 1.17. The van der Waals surface area contributed by atoms with Gasteiger partial charge in [0.05, 0.1) is 26.1 Å². The molecular formula is C21H15Cl2N3O7. The molecule has 0 saturated carbocycles. The van der Waals surface area contributed by atoms with Crippen molar-refractivity contribution in [2.24, 2.45) is 0 Å². The van der Waals surface area contributed by atoms with Crippen LogP contribution in [0, 0.1) is 10.1 Å². The van der Waals surface area contributed by atoms with Gasteiger partial charge in [0.2, 0.25) is 0 Å². The third-order valence-corrected chi connectivity index (χ3v) is 6.07. The summed E-state index contributed by atoms with van der Waals surface area (Å²) in [4.78, 5) is 62.4. The predicted molar refractivity (Wildman–Crippen MR) is 117 cm³/mol. The van der Waals surface area contributed by atoms with Gasteiger partial charge in [-0.15, -0.1) is 0 Å². The second-order valence-corrected chi connectivity index (χ2v) is 8.20. The highest BCUT2D eigenvalue weighted by atomic mass is 35.5. The predicted octanol–water partition coefficient (Wildman–Crippen LogP) is 3.02. The number of rotatable bonds is 5. The molecule has 3 amide bonds. The molecule has 2 aliphatic heterocycles. The third kappa shape index (κ3) is 4.27. The minimum absolute atomic E-state index is 0.0253. The first-order valence-electron chi connectivity index (χ1n) is 9.76. The van der Waals surface area contributed by atoms with Gasteiger partial charge in [-0.2, -0.15) is 0 Å². The third-order valence-electron chi connectivity index (χ3n) is 5.35. The van der Waals surface area contributed by atoms with Gasteiger partial charge in [-0.25, -0.2) is 0 Å².